The highest BCUT2D eigenvalue weighted by Crippen LogP contribution is 2.40. The standard InChI is InChI=1S/C22H34N4O4S/c1-5-22(6-2,7-3)25-15-18(30-19(27)17-13-11-9-10-12-14-17)26(28,16-25)20-23-24-21(31-20)29-8-4/h1,17-18H,6-16H2,2-4H3. The SMILES string of the molecule is C#CC(CC)(CC)N1CC(OC(=O)C2CCCCCC2)[N+]([O-])(c2nnc(OCC)s2)C1. The van der Waals surface area contributed by atoms with E-state index in [9.17, 15) is 10.0 Å². The van der Waals surface area contributed by atoms with E-state index in [1.807, 2.05) is 25.7 Å². The molecule has 2 atom stereocenters. The fourth-order valence-electron chi connectivity index (χ4n) is 4.61. The van der Waals surface area contributed by atoms with Gasteiger partial charge in [0.2, 0.25) is 0 Å². The molecular weight excluding hydrogens is 416 g/mol. The number of hydrogen-bond acceptors (Lipinski definition) is 8. The Labute approximate surface area is 189 Å². The number of hydrogen-bond donors (Lipinski definition) is 0. The number of hydroxylamine groups is 2. The van der Waals surface area contributed by atoms with E-state index >= 15 is 0 Å². The van der Waals surface area contributed by atoms with Crippen LogP contribution in [0.4, 0.5) is 5.13 Å². The average Bonchev–Trinajstić information content (AvgIpc) is 3.26. The first-order valence-corrected chi connectivity index (χ1v) is 12.2. The number of carbonyl (C=O) groups excluding carboxylic acids is 1. The molecule has 3 rings (SSSR count). The molecule has 1 aromatic rings. The van der Waals surface area contributed by atoms with Crippen molar-refractivity contribution in [2.24, 2.45) is 5.92 Å². The lowest BCUT2D eigenvalue weighted by Crippen LogP contribution is -2.52. The zero-order valence-electron chi connectivity index (χ0n) is 18.8. The molecule has 1 aliphatic heterocycles. The van der Waals surface area contributed by atoms with E-state index in [2.05, 4.69) is 16.1 Å². The van der Waals surface area contributed by atoms with Crippen LogP contribution in [0.3, 0.4) is 0 Å². The molecule has 0 N–H and O–H groups in total. The van der Waals surface area contributed by atoms with Crippen LogP contribution < -0.4 is 9.38 Å². The molecule has 0 bridgehead atoms. The molecule has 1 saturated carbocycles. The Hall–Kier alpha value is -1.73. The number of terminal acetylenes is 1. The summed E-state index contributed by atoms with van der Waals surface area (Å²) >= 11 is 1.10. The maximum absolute atomic E-state index is 14.1. The maximum atomic E-state index is 14.1. The van der Waals surface area contributed by atoms with Gasteiger partial charge in [-0.05, 0) is 32.6 Å². The Morgan fingerprint density at radius 1 is 1.26 bits per heavy atom. The predicted molar refractivity (Wildman–Crippen MR) is 121 cm³/mol. The van der Waals surface area contributed by atoms with Gasteiger partial charge in [0.15, 0.2) is 0 Å². The van der Waals surface area contributed by atoms with E-state index in [-0.39, 0.29) is 30.2 Å². The highest BCUT2D eigenvalue weighted by atomic mass is 32.1. The van der Waals surface area contributed by atoms with Gasteiger partial charge in [-0.15, -0.1) is 6.42 Å². The highest BCUT2D eigenvalue weighted by Gasteiger charge is 2.52. The molecule has 2 aliphatic rings. The zero-order chi connectivity index (χ0) is 22.5. The zero-order valence-corrected chi connectivity index (χ0v) is 19.7. The summed E-state index contributed by atoms with van der Waals surface area (Å²) < 4.78 is 10.4. The molecule has 2 heterocycles. The lowest BCUT2D eigenvalue weighted by molar-refractivity contribution is -0.159. The van der Waals surface area contributed by atoms with Crippen molar-refractivity contribution < 1.29 is 14.3 Å². The monoisotopic (exact) mass is 450 g/mol. The highest BCUT2D eigenvalue weighted by molar-refractivity contribution is 7.16. The average molecular weight is 451 g/mol. The number of rotatable bonds is 8. The van der Waals surface area contributed by atoms with Crippen LogP contribution in [0.25, 0.3) is 0 Å². The Balaban J connectivity index is 1.88. The van der Waals surface area contributed by atoms with Crippen molar-refractivity contribution in [3.8, 4) is 17.5 Å². The minimum Gasteiger partial charge on any atom is -0.622 e. The van der Waals surface area contributed by atoms with Crippen LogP contribution in [0.2, 0.25) is 0 Å². The van der Waals surface area contributed by atoms with Crippen LogP contribution in [0, 0.1) is 23.5 Å². The van der Waals surface area contributed by atoms with Gasteiger partial charge < -0.3 is 14.7 Å². The minimum atomic E-state index is -0.927. The molecule has 1 aliphatic carbocycles. The fraction of sp³-hybridized carbons (Fsp3) is 0.773. The van der Waals surface area contributed by atoms with Gasteiger partial charge in [0.05, 0.1) is 24.6 Å². The Morgan fingerprint density at radius 3 is 2.52 bits per heavy atom. The first-order chi connectivity index (χ1) is 14.9. The molecule has 8 nitrogen and oxygen atoms in total. The largest absolute Gasteiger partial charge is 0.622 e. The molecule has 172 valence electrons. The number of carbonyl (C=O) groups is 1. The van der Waals surface area contributed by atoms with Gasteiger partial charge in [-0.1, -0.05) is 55.6 Å². The second-order valence-electron chi connectivity index (χ2n) is 8.41. The molecule has 1 saturated heterocycles. The maximum Gasteiger partial charge on any atom is 0.314 e. The van der Waals surface area contributed by atoms with Crippen molar-refractivity contribution in [1.82, 2.24) is 19.7 Å². The summed E-state index contributed by atoms with van der Waals surface area (Å²) in [5.41, 5.74) is -0.565. The summed E-state index contributed by atoms with van der Waals surface area (Å²) in [4.78, 5) is 15.0. The summed E-state index contributed by atoms with van der Waals surface area (Å²) in [5.74, 6) is 2.47. The molecule has 0 aromatic carbocycles. The Bertz CT molecular complexity index is 783. The summed E-state index contributed by atoms with van der Waals surface area (Å²) in [6.45, 7) is 6.66. The van der Waals surface area contributed by atoms with Crippen molar-refractivity contribution in [3.05, 3.63) is 5.21 Å². The first kappa shape index (κ1) is 23.9. The van der Waals surface area contributed by atoms with E-state index in [1.165, 1.54) is 0 Å². The van der Waals surface area contributed by atoms with Gasteiger partial charge in [-0.2, -0.15) is 0 Å². The number of aromatic nitrogens is 2. The van der Waals surface area contributed by atoms with Crippen molar-refractivity contribution in [1.29, 1.82) is 0 Å². The van der Waals surface area contributed by atoms with E-state index in [0.717, 1.165) is 49.9 Å². The third-order valence-corrected chi connectivity index (χ3v) is 7.64. The molecule has 2 fully saturated rings. The quantitative estimate of drug-likeness (QED) is 0.194. The second-order valence-corrected chi connectivity index (χ2v) is 9.32. The molecule has 31 heavy (non-hydrogen) atoms. The van der Waals surface area contributed by atoms with E-state index in [0.29, 0.717) is 24.6 Å². The van der Waals surface area contributed by atoms with Crippen molar-refractivity contribution in [2.45, 2.75) is 83.9 Å². The van der Waals surface area contributed by atoms with Gasteiger partial charge in [0, 0.05) is 11.3 Å². The molecule has 1 aromatic heterocycles. The van der Waals surface area contributed by atoms with Crippen LogP contribution in [0.1, 0.15) is 72.1 Å². The number of nitrogens with zero attached hydrogens (tertiary/aromatic N) is 4. The van der Waals surface area contributed by atoms with Crippen LogP contribution in [0.15, 0.2) is 0 Å². The molecule has 9 heteroatoms. The lowest BCUT2D eigenvalue weighted by Gasteiger charge is -2.40. The lowest BCUT2D eigenvalue weighted by atomic mass is 9.92. The minimum absolute atomic E-state index is 0.0647. The van der Waals surface area contributed by atoms with Crippen LogP contribution in [-0.4, -0.2) is 52.7 Å². The van der Waals surface area contributed by atoms with Gasteiger partial charge >= 0.3 is 11.1 Å². The number of esters is 1. The van der Waals surface area contributed by atoms with Crippen LogP contribution >= 0.6 is 11.3 Å². The van der Waals surface area contributed by atoms with E-state index < -0.39 is 16.4 Å². The number of quaternary nitrogens is 1. The molecular formula is C22H34N4O4S. The van der Waals surface area contributed by atoms with Gasteiger partial charge in [0.1, 0.15) is 6.67 Å². The smallest absolute Gasteiger partial charge is 0.314 e. The van der Waals surface area contributed by atoms with Crippen molar-refractivity contribution >= 4 is 22.4 Å². The third kappa shape index (κ3) is 4.87. The predicted octanol–water partition coefficient (Wildman–Crippen LogP) is 4.05. The summed E-state index contributed by atoms with van der Waals surface area (Å²) in [7, 11) is 0. The molecule has 0 amide bonds. The van der Waals surface area contributed by atoms with Gasteiger partial charge in [-0.3, -0.25) is 9.44 Å². The Morgan fingerprint density at radius 2 is 1.94 bits per heavy atom. The number of ether oxygens (including phenoxy) is 2. The summed E-state index contributed by atoms with van der Waals surface area (Å²) in [6, 6.07) is 0. The molecule has 0 radical (unpaired) electrons. The Kier molecular flexibility index (Phi) is 7.92. The third-order valence-electron chi connectivity index (χ3n) is 6.69. The molecule has 0 spiro atoms. The summed E-state index contributed by atoms with van der Waals surface area (Å²) in [6.07, 6.45) is 12.3. The topological polar surface area (TPSA) is 87.6 Å². The van der Waals surface area contributed by atoms with Gasteiger partial charge in [-0.25, -0.2) is 4.90 Å². The van der Waals surface area contributed by atoms with Crippen LogP contribution in [-0.2, 0) is 9.53 Å². The van der Waals surface area contributed by atoms with Gasteiger partial charge in [0.25, 0.3) is 11.4 Å². The normalized spacial score (nSPS) is 25.7. The fourth-order valence-corrected chi connectivity index (χ4v) is 5.44. The van der Waals surface area contributed by atoms with Crippen molar-refractivity contribution in [3.63, 3.8) is 0 Å². The molecule has 2 unspecified atom stereocenters. The van der Waals surface area contributed by atoms with Crippen LogP contribution in [0.5, 0.6) is 5.19 Å². The summed E-state index contributed by atoms with van der Waals surface area (Å²) in [5, 5.41) is 22.8. The first-order valence-electron chi connectivity index (χ1n) is 11.4. The van der Waals surface area contributed by atoms with E-state index in [1.54, 1.807) is 0 Å². The van der Waals surface area contributed by atoms with Crippen molar-refractivity contribution in [2.75, 3.05) is 19.8 Å². The second kappa shape index (κ2) is 10.3. The van der Waals surface area contributed by atoms with E-state index in [4.69, 9.17) is 15.9 Å².